The van der Waals surface area contributed by atoms with Crippen LogP contribution >= 0.6 is 45.3 Å². The number of anilines is 15. The molecular weight excluding hydrogens is 1800 g/mol. The molecule has 0 radical (unpaired) electrons. The van der Waals surface area contributed by atoms with Gasteiger partial charge < -0.3 is 24.5 Å². The van der Waals surface area contributed by atoms with Crippen LogP contribution in [0.15, 0.2) is 534 Å². The van der Waals surface area contributed by atoms with Crippen LogP contribution < -0.4 is 24.5 Å². The van der Waals surface area contributed by atoms with Gasteiger partial charge in [-0.3, -0.25) is 0 Å². The van der Waals surface area contributed by atoms with Crippen molar-refractivity contribution in [3.63, 3.8) is 0 Å². The monoisotopic (exact) mass is 1890 g/mol. The normalized spacial score (nSPS) is 12.2. The van der Waals surface area contributed by atoms with Gasteiger partial charge in [-0.25, -0.2) is 0 Å². The van der Waals surface area contributed by atoms with Gasteiger partial charge in [-0.1, -0.05) is 328 Å². The summed E-state index contributed by atoms with van der Waals surface area (Å²) in [4.78, 5) is 10.9. The number of hydrogen-bond donors (Lipinski definition) is 0. The quantitative estimate of drug-likeness (QED) is 0.0705. The van der Waals surface area contributed by atoms with Gasteiger partial charge in [0.25, 0.3) is 0 Å². The van der Waals surface area contributed by atoms with Crippen LogP contribution in [0.3, 0.4) is 0 Å². The van der Waals surface area contributed by atoms with Crippen LogP contribution in [0.1, 0.15) is 28.1 Å². The maximum Gasteiger partial charge on any atom is 0.0646 e. The van der Waals surface area contributed by atoms with Crippen LogP contribution in [-0.2, 0) is 0 Å². The second kappa shape index (κ2) is 36.9. The Morgan fingerprint density at radius 3 is 1.05 bits per heavy atom. The van der Waals surface area contributed by atoms with Gasteiger partial charge >= 0.3 is 0 Å². The Kier molecular flexibility index (Phi) is 21.0. The smallest absolute Gasteiger partial charge is 0.0646 e. The van der Waals surface area contributed by atoms with E-state index in [1.165, 1.54) is 110 Å². The van der Waals surface area contributed by atoms with Crippen LogP contribution in [-0.4, -0.2) is 0 Å². The van der Waals surface area contributed by atoms with E-state index in [4.69, 9.17) is 0 Å². The van der Waals surface area contributed by atoms with Crippen LogP contribution in [0.25, 0.3) is 135 Å². The van der Waals surface area contributed by atoms with Crippen LogP contribution in [0, 0.1) is 0 Å². The van der Waals surface area contributed by atoms with Crippen molar-refractivity contribution < 1.29 is 5.48 Å². The molecular formula is C133H89N5S4. The fraction of sp³-hybridized carbons (Fsp3) is 0.00752. The van der Waals surface area contributed by atoms with Crippen molar-refractivity contribution in [3.8, 4) is 22.3 Å². The molecule has 23 aromatic carbocycles. The second-order valence-corrected chi connectivity index (χ2v) is 40.1. The molecule has 1 atom stereocenters. The minimum Gasteiger partial charge on any atom is -0.311 e. The number of nitrogens with zero attached hydrogens (tertiary/aromatic N) is 5. The van der Waals surface area contributed by atoms with Crippen LogP contribution in [0.4, 0.5) is 85.3 Å². The molecule has 0 saturated heterocycles. The van der Waals surface area contributed by atoms with E-state index in [0.717, 1.165) is 110 Å². The highest BCUT2D eigenvalue weighted by atomic mass is 32.1. The Morgan fingerprint density at radius 1 is 0.162 bits per heavy atom. The van der Waals surface area contributed by atoms with Crippen molar-refractivity contribution in [1.82, 2.24) is 0 Å². The fourth-order valence-corrected chi connectivity index (χ4v) is 25.6. The molecule has 0 aliphatic carbocycles. The SMILES string of the molecule is [2H]c1c([2H])c(N(c2ccccc2)c2cc(-c3cc4c5ccc(N(c6ccccc6)c6ccccc6)cc5sc4c4ccccc34)c3sc4ccccc4c3c2)c([2H])c([2H])c1N(c1ccccc1)c1ccccc1.c1ccc(N(c2ccccc2)c2cccc(C(c3cccc(-c4ccc5sc6cc(N(c7cccc8ccccc78)c7cccc8ccccc78)ccc6c5c4)c3)c3ccc4c(c3)sc3ccccc34)c2)cc1. The van der Waals surface area contributed by atoms with Gasteiger partial charge in [0.1, 0.15) is 0 Å². The van der Waals surface area contributed by atoms with Gasteiger partial charge in [0.15, 0.2) is 0 Å². The van der Waals surface area contributed by atoms with E-state index < -0.39 is 0 Å². The zero-order chi connectivity index (χ0) is 97.4. The van der Waals surface area contributed by atoms with E-state index >= 15 is 0 Å². The Balaban J connectivity index is 0.000000148. The summed E-state index contributed by atoms with van der Waals surface area (Å²) in [5.74, 6) is -0.0292. The first kappa shape index (κ1) is 80.8. The lowest BCUT2D eigenvalue weighted by Gasteiger charge is -2.29. The predicted molar refractivity (Wildman–Crippen MR) is 615 cm³/mol. The Morgan fingerprint density at radius 2 is 0.507 bits per heavy atom. The molecule has 0 bridgehead atoms. The molecule has 142 heavy (non-hydrogen) atoms. The summed E-state index contributed by atoms with van der Waals surface area (Å²) in [6, 6.07) is 181. The Bertz CT molecular complexity index is 9450. The highest BCUT2D eigenvalue weighted by molar-refractivity contribution is 7.27. The number of hydrogen-bond acceptors (Lipinski definition) is 9. The first-order valence-electron chi connectivity index (χ1n) is 49.9. The molecule has 5 nitrogen and oxygen atoms in total. The lowest BCUT2D eigenvalue weighted by atomic mass is 9.83. The summed E-state index contributed by atoms with van der Waals surface area (Å²) in [7, 11) is 0. The van der Waals surface area contributed by atoms with E-state index in [0.29, 0.717) is 5.69 Å². The molecule has 27 aromatic rings. The Hall–Kier alpha value is -17.3. The summed E-state index contributed by atoms with van der Waals surface area (Å²) in [5.41, 5.74) is 21.6. The second-order valence-electron chi connectivity index (χ2n) is 35.8. The zero-order valence-corrected chi connectivity index (χ0v) is 80.2. The lowest BCUT2D eigenvalue weighted by Crippen LogP contribution is -2.12. The molecule has 4 aromatic heterocycles. The first-order valence-corrected chi connectivity index (χ1v) is 51.2. The van der Waals surface area contributed by atoms with Crippen molar-refractivity contribution in [3.05, 3.63) is 550 Å². The predicted octanol–water partition coefficient (Wildman–Crippen LogP) is 40.2. The molecule has 0 aliphatic rings. The number of rotatable bonds is 20. The van der Waals surface area contributed by atoms with Crippen molar-refractivity contribution in [2.45, 2.75) is 5.92 Å². The topological polar surface area (TPSA) is 16.2 Å². The molecule has 670 valence electrons. The van der Waals surface area contributed by atoms with E-state index in [-0.39, 0.29) is 41.5 Å². The van der Waals surface area contributed by atoms with E-state index in [9.17, 15) is 5.48 Å². The average molecular weight is 1890 g/mol. The van der Waals surface area contributed by atoms with E-state index in [2.05, 4.69) is 433 Å². The third-order valence-electron chi connectivity index (χ3n) is 27.4. The summed E-state index contributed by atoms with van der Waals surface area (Å²) >= 11 is 7.34. The number of para-hydroxylation sites is 7. The van der Waals surface area contributed by atoms with Gasteiger partial charge in [-0.05, 0) is 256 Å². The minimum atomic E-state index is -0.150. The summed E-state index contributed by atoms with van der Waals surface area (Å²) in [6.07, 6.45) is 0. The van der Waals surface area contributed by atoms with Crippen molar-refractivity contribution >= 4 is 244 Å². The molecule has 27 rings (SSSR count). The average Bonchev–Trinajstić information content (AvgIpc) is 1.53. The van der Waals surface area contributed by atoms with Crippen molar-refractivity contribution in [2.75, 3.05) is 24.5 Å². The van der Waals surface area contributed by atoms with E-state index in [1.807, 2.05) is 135 Å². The van der Waals surface area contributed by atoms with Crippen molar-refractivity contribution in [2.24, 2.45) is 0 Å². The molecule has 0 N–H and O–H groups in total. The summed E-state index contributed by atoms with van der Waals surface area (Å²) in [6.45, 7) is 0. The molecule has 4 heterocycles. The third-order valence-corrected chi connectivity index (χ3v) is 32.0. The van der Waals surface area contributed by atoms with Crippen LogP contribution in [0.5, 0.6) is 0 Å². The fourth-order valence-electron chi connectivity index (χ4n) is 20.9. The lowest BCUT2D eigenvalue weighted by molar-refractivity contribution is 0.980. The van der Waals surface area contributed by atoms with Gasteiger partial charge in [-0.15, -0.1) is 45.3 Å². The van der Waals surface area contributed by atoms with Gasteiger partial charge in [0.2, 0.25) is 0 Å². The summed E-state index contributed by atoms with van der Waals surface area (Å²) in [5, 5.41) is 16.8. The molecule has 0 fully saturated rings. The zero-order valence-electron chi connectivity index (χ0n) is 80.9. The highest BCUT2D eigenvalue weighted by Crippen LogP contribution is 2.54. The van der Waals surface area contributed by atoms with Crippen LogP contribution in [0.2, 0.25) is 0 Å². The van der Waals surface area contributed by atoms with Crippen molar-refractivity contribution in [1.29, 1.82) is 0 Å². The largest absolute Gasteiger partial charge is 0.311 e. The first-order chi connectivity index (χ1) is 72.1. The van der Waals surface area contributed by atoms with E-state index in [1.54, 1.807) is 11.3 Å². The molecule has 0 spiro atoms. The molecule has 0 aliphatic heterocycles. The molecule has 1 unspecified atom stereocenters. The number of fused-ring (bicyclic) bond motifs is 16. The van der Waals surface area contributed by atoms with Gasteiger partial charge in [-0.2, -0.15) is 0 Å². The Labute approximate surface area is 845 Å². The molecule has 0 saturated carbocycles. The minimum absolute atomic E-state index is 0.0292. The maximum absolute atomic E-state index is 9.94. The van der Waals surface area contributed by atoms with Gasteiger partial charge in [0.05, 0.1) is 16.9 Å². The molecule has 9 heteroatoms. The number of thiophene rings is 4. The molecule has 0 amide bonds. The van der Waals surface area contributed by atoms with Gasteiger partial charge in [0, 0.05) is 182 Å². The maximum atomic E-state index is 9.94. The summed E-state index contributed by atoms with van der Waals surface area (Å²) < 4.78 is 49.3. The highest BCUT2D eigenvalue weighted by Gasteiger charge is 2.28. The standard InChI is InChI=1S/C69H46N2S2.C64H43N3S2/c1-3-24-53(25-4-1)70(54-26-5-2-6-27-54)55-28-14-23-51(42-55)69(52-35-38-60-59-31-11-12-34-65(59)72-67(60)44-52)50-22-13-21-48(41-50)49-36-40-66-62(43-49)61-39-37-56(45-68(61)73-66)71(63-32-15-19-46-17-7-9-29-57(46)63)64-33-16-20-47-18-8-10-30-58(47)64;1-6-20-44(21-7-1)65(45-22-8-2-9-23-45)49-34-36-50(37-35-49)67(48-28-14-5-15-29-48)52-40-58-54-31-18-19-33-61(54)68-64(58)59(41-52)57-43-60-55-39-38-51(42-62(55)69-63(60)56-32-17-16-30-53(56)57)66(46-24-10-3-11-25-46)47-26-12-4-13-27-47/h1-45,69H;1-43H/i;34D,35D,36D,37D. The third kappa shape index (κ3) is 15.8. The number of benzene rings is 23.